The van der Waals surface area contributed by atoms with E-state index in [1.165, 1.54) is 24.0 Å². The molecule has 1 aliphatic rings. The molecule has 0 aliphatic heterocycles. The van der Waals surface area contributed by atoms with Gasteiger partial charge in [-0.05, 0) is 37.0 Å². The Morgan fingerprint density at radius 1 is 1.19 bits per heavy atom. The summed E-state index contributed by atoms with van der Waals surface area (Å²) in [6.07, 6.45) is 6.92. The summed E-state index contributed by atoms with van der Waals surface area (Å²) >= 11 is 0. The van der Waals surface area contributed by atoms with Gasteiger partial charge < -0.3 is 9.47 Å². The van der Waals surface area contributed by atoms with Crippen molar-refractivity contribution in [1.82, 2.24) is 0 Å². The highest BCUT2D eigenvalue weighted by Crippen LogP contribution is 2.38. The summed E-state index contributed by atoms with van der Waals surface area (Å²) in [4.78, 5) is 0. The molecule has 1 aromatic rings. The van der Waals surface area contributed by atoms with Crippen LogP contribution in [0.5, 0.6) is 11.5 Å². The van der Waals surface area contributed by atoms with E-state index in [2.05, 4.69) is 25.1 Å². The van der Waals surface area contributed by atoms with Crippen LogP contribution < -0.4 is 9.47 Å². The fourth-order valence-corrected chi connectivity index (χ4v) is 2.39. The Bertz CT molecular complexity index is 407. The first-order valence-corrected chi connectivity index (χ1v) is 5.66. The summed E-state index contributed by atoms with van der Waals surface area (Å²) in [6.45, 7) is 2.10. The van der Waals surface area contributed by atoms with E-state index >= 15 is 0 Å². The Hall–Kier alpha value is -1.44. The minimum absolute atomic E-state index is 0.541. The largest absolute Gasteiger partial charge is 0.493 e. The van der Waals surface area contributed by atoms with Gasteiger partial charge in [0.25, 0.3) is 0 Å². The minimum atomic E-state index is 0.541. The number of hydrogen-bond acceptors (Lipinski definition) is 2. The first-order valence-electron chi connectivity index (χ1n) is 5.66. The Kier molecular flexibility index (Phi) is 3.18. The zero-order valence-corrected chi connectivity index (χ0v) is 10.1. The van der Waals surface area contributed by atoms with Crippen LogP contribution in [-0.2, 0) is 0 Å². The SMILES string of the molecule is COc1ccc(C2C=CCC2)c(C)c1OC. The molecule has 0 saturated carbocycles. The second kappa shape index (κ2) is 4.60. The van der Waals surface area contributed by atoms with Crippen molar-refractivity contribution in [2.24, 2.45) is 0 Å². The maximum atomic E-state index is 5.42. The van der Waals surface area contributed by atoms with Crippen LogP contribution in [0.25, 0.3) is 0 Å². The molecule has 1 aliphatic carbocycles. The summed E-state index contributed by atoms with van der Waals surface area (Å²) in [7, 11) is 3.37. The van der Waals surface area contributed by atoms with E-state index in [-0.39, 0.29) is 0 Å². The topological polar surface area (TPSA) is 18.5 Å². The van der Waals surface area contributed by atoms with Crippen LogP contribution in [-0.4, -0.2) is 14.2 Å². The normalized spacial score (nSPS) is 18.8. The quantitative estimate of drug-likeness (QED) is 0.723. The van der Waals surface area contributed by atoms with E-state index in [1.807, 2.05) is 6.07 Å². The Morgan fingerprint density at radius 3 is 2.56 bits per heavy atom. The molecular formula is C14H18O2. The molecule has 1 unspecified atom stereocenters. The van der Waals surface area contributed by atoms with E-state index in [1.54, 1.807) is 14.2 Å². The van der Waals surface area contributed by atoms with Crippen LogP contribution in [0.1, 0.15) is 29.9 Å². The molecule has 0 N–H and O–H groups in total. The van der Waals surface area contributed by atoms with Crippen LogP contribution in [0.2, 0.25) is 0 Å². The molecule has 0 bridgehead atoms. The highest BCUT2D eigenvalue weighted by molar-refractivity contribution is 5.52. The van der Waals surface area contributed by atoms with Crippen LogP contribution in [0, 0.1) is 6.92 Å². The second-order valence-corrected chi connectivity index (χ2v) is 4.13. The van der Waals surface area contributed by atoms with Crippen LogP contribution in [0.15, 0.2) is 24.3 Å². The van der Waals surface area contributed by atoms with Gasteiger partial charge in [-0.15, -0.1) is 0 Å². The lowest BCUT2D eigenvalue weighted by Gasteiger charge is -2.17. The summed E-state index contributed by atoms with van der Waals surface area (Å²) < 4.78 is 10.7. The average Bonchev–Trinajstić information content (AvgIpc) is 2.81. The van der Waals surface area contributed by atoms with Crippen molar-refractivity contribution in [2.75, 3.05) is 14.2 Å². The number of allylic oxidation sites excluding steroid dienone is 2. The summed E-state index contributed by atoms with van der Waals surface area (Å²) in [5.74, 6) is 2.21. The highest BCUT2D eigenvalue weighted by atomic mass is 16.5. The first-order chi connectivity index (χ1) is 7.77. The fraction of sp³-hybridized carbons (Fsp3) is 0.429. The molecule has 2 heteroatoms. The third kappa shape index (κ3) is 1.80. The maximum Gasteiger partial charge on any atom is 0.163 e. The lowest BCUT2D eigenvalue weighted by atomic mass is 9.93. The predicted octanol–water partition coefficient (Wildman–Crippen LogP) is 3.45. The number of ether oxygens (including phenoxy) is 2. The molecule has 0 amide bonds. The van der Waals surface area contributed by atoms with Crippen LogP contribution in [0.4, 0.5) is 0 Å². The van der Waals surface area contributed by atoms with E-state index < -0.39 is 0 Å². The Morgan fingerprint density at radius 2 is 2.00 bits per heavy atom. The summed E-state index contributed by atoms with van der Waals surface area (Å²) in [5, 5.41) is 0. The van der Waals surface area contributed by atoms with Gasteiger partial charge in [0.1, 0.15) is 0 Å². The third-order valence-corrected chi connectivity index (χ3v) is 3.25. The maximum absolute atomic E-state index is 5.42. The fourth-order valence-electron chi connectivity index (χ4n) is 2.39. The Labute approximate surface area is 96.9 Å². The number of benzene rings is 1. The van der Waals surface area contributed by atoms with E-state index in [4.69, 9.17) is 9.47 Å². The van der Waals surface area contributed by atoms with E-state index in [0.717, 1.165) is 11.5 Å². The van der Waals surface area contributed by atoms with Gasteiger partial charge in [-0.25, -0.2) is 0 Å². The van der Waals surface area contributed by atoms with Gasteiger partial charge in [-0.3, -0.25) is 0 Å². The zero-order valence-electron chi connectivity index (χ0n) is 10.1. The van der Waals surface area contributed by atoms with Gasteiger partial charge in [0.15, 0.2) is 11.5 Å². The smallest absolute Gasteiger partial charge is 0.163 e. The van der Waals surface area contributed by atoms with Gasteiger partial charge in [-0.2, -0.15) is 0 Å². The molecule has 0 saturated heterocycles. The van der Waals surface area contributed by atoms with Crippen molar-refractivity contribution >= 4 is 0 Å². The molecule has 0 aromatic heterocycles. The Balaban J connectivity index is 2.43. The standard InChI is InChI=1S/C14H18O2/c1-10-12(11-6-4-5-7-11)8-9-13(15-2)14(10)16-3/h4,6,8-9,11H,5,7H2,1-3H3. The molecular weight excluding hydrogens is 200 g/mol. The predicted molar refractivity (Wildman–Crippen MR) is 65.4 cm³/mol. The molecule has 16 heavy (non-hydrogen) atoms. The molecule has 0 radical (unpaired) electrons. The summed E-state index contributed by atoms with van der Waals surface area (Å²) in [5.41, 5.74) is 2.55. The molecule has 2 nitrogen and oxygen atoms in total. The molecule has 0 spiro atoms. The van der Waals surface area contributed by atoms with Gasteiger partial charge in [0.05, 0.1) is 14.2 Å². The number of rotatable bonds is 3. The van der Waals surface area contributed by atoms with Crippen molar-refractivity contribution < 1.29 is 9.47 Å². The zero-order chi connectivity index (χ0) is 11.5. The molecule has 0 fully saturated rings. The van der Waals surface area contributed by atoms with Crippen molar-refractivity contribution in [3.05, 3.63) is 35.4 Å². The monoisotopic (exact) mass is 218 g/mol. The third-order valence-electron chi connectivity index (χ3n) is 3.25. The lowest BCUT2D eigenvalue weighted by molar-refractivity contribution is 0.352. The van der Waals surface area contributed by atoms with Crippen molar-refractivity contribution in [3.63, 3.8) is 0 Å². The molecule has 0 heterocycles. The van der Waals surface area contributed by atoms with Gasteiger partial charge in [-0.1, -0.05) is 18.2 Å². The lowest BCUT2D eigenvalue weighted by Crippen LogP contribution is -2.00. The van der Waals surface area contributed by atoms with Crippen LogP contribution >= 0.6 is 0 Å². The van der Waals surface area contributed by atoms with E-state index in [0.29, 0.717) is 5.92 Å². The number of methoxy groups -OCH3 is 2. The molecule has 1 atom stereocenters. The molecule has 86 valence electrons. The van der Waals surface area contributed by atoms with Crippen molar-refractivity contribution in [3.8, 4) is 11.5 Å². The minimum Gasteiger partial charge on any atom is -0.493 e. The molecule has 1 aromatic carbocycles. The number of hydrogen-bond donors (Lipinski definition) is 0. The van der Waals surface area contributed by atoms with Gasteiger partial charge in [0, 0.05) is 5.92 Å². The average molecular weight is 218 g/mol. The van der Waals surface area contributed by atoms with E-state index in [9.17, 15) is 0 Å². The summed E-state index contributed by atoms with van der Waals surface area (Å²) in [6, 6.07) is 4.14. The van der Waals surface area contributed by atoms with Crippen molar-refractivity contribution in [2.45, 2.75) is 25.7 Å². The van der Waals surface area contributed by atoms with Crippen molar-refractivity contribution in [1.29, 1.82) is 0 Å². The van der Waals surface area contributed by atoms with Gasteiger partial charge >= 0.3 is 0 Å². The highest BCUT2D eigenvalue weighted by Gasteiger charge is 2.18. The molecule has 2 rings (SSSR count). The first kappa shape index (κ1) is 11.1. The second-order valence-electron chi connectivity index (χ2n) is 4.13. The van der Waals surface area contributed by atoms with Crippen LogP contribution in [0.3, 0.4) is 0 Å². The van der Waals surface area contributed by atoms with Gasteiger partial charge in [0.2, 0.25) is 0 Å².